The highest BCUT2D eigenvalue weighted by atomic mass is 32.1. The maximum absolute atomic E-state index is 13.2. The minimum Gasteiger partial charge on any atom is -0.316 e. The quantitative estimate of drug-likeness (QED) is 0.911. The topological polar surface area (TPSA) is 24.9 Å². The first kappa shape index (κ1) is 14.1. The van der Waals surface area contributed by atoms with Gasteiger partial charge in [0.2, 0.25) is 0 Å². The normalized spacial score (nSPS) is 12.6. The Bertz CT molecular complexity index is 554. The Balaban J connectivity index is 2.04. The minimum absolute atomic E-state index is 0.162. The molecule has 5 heteroatoms. The first-order valence-corrected chi connectivity index (χ1v) is 6.98. The third kappa shape index (κ3) is 3.81. The van der Waals surface area contributed by atoms with Crippen LogP contribution in [0.15, 0.2) is 23.6 Å². The van der Waals surface area contributed by atoms with Crippen molar-refractivity contribution in [3.05, 3.63) is 51.5 Å². The number of nitrogens with one attached hydrogen (secondary N) is 1. The van der Waals surface area contributed by atoms with E-state index in [1.807, 2.05) is 19.4 Å². The molecule has 0 fully saturated rings. The van der Waals surface area contributed by atoms with Crippen LogP contribution in [0.4, 0.5) is 8.78 Å². The Morgan fingerprint density at radius 3 is 2.63 bits per heavy atom. The fraction of sp³-hybridized carbons (Fsp3) is 0.357. The number of hydrogen-bond donors (Lipinski definition) is 1. The van der Waals surface area contributed by atoms with E-state index in [-0.39, 0.29) is 6.04 Å². The summed E-state index contributed by atoms with van der Waals surface area (Å²) in [5.74, 6) is -1.60. The van der Waals surface area contributed by atoms with Gasteiger partial charge in [-0.05, 0) is 38.1 Å². The molecule has 1 aromatic carbocycles. The zero-order chi connectivity index (χ0) is 13.8. The first-order valence-electron chi connectivity index (χ1n) is 6.10. The summed E-state index contributed by atoms with van der Waals surface area (Å²) in [5.41, 5.74) is 1.80. The highest BCUT2D eigenvalue weighted by molar-refractivity contribution is 7.09. The molecule has 102 valence electrons. The van der Waals surface area contributed by atoms with Crippen LogP contribution in [0.3, 0.4) is 0 Å². The minimum atomic E-state index is -0.805. The van der Waals surface area contributed by atoms with Crippen LogP contribution >= 0.6 is 11.3 Å². The van der Waals surface area contributed by atoms with Gasteiger partial charge >= 0.3 is 0 Å². The lowest BCUT2D eigenvalue weighted by molar-refractivity contribution is 0.503. The fourth-order valence-corrected chi connectivity index (χ4v) is 2.79. The average Bonchev–Trinajstić information content (AvgIpc) is 2.78. The fourth-order valence-electron chi connectivity index (χ4n) is 1.93. The molecule has 0 spiro atoms. The third-order valence-electron chi connectivity index (χ3n) is 2.96. The van der Waals surface area contributed by atoms with E-state index in [4.69, 9.17) is 0 Å². The van der Waals surface area contributed by atoms with Crippen LogP contribution in [0.5, 0.6) is 0 Å². The Morgan fingerprint density at radius 1 is 1.26 bits per heavy atom. The summed E-state index contributed by atoms with van der Waals surface area (Å²) in [7, 11) is 1.87. The van der Waals surface area contributed by atoms with Gasteiger partial charge in [0, 0.05) is 23.5 Å². The Hall–Kier alpha value is -1.33. The number of nitrogens with zero attached hydrogens (tertiary/aromatic N) is 1. The summed E-state index contributed by atoms with van der Waals surface area (Å²) < 4.78 is 26.0. The van der Waals surface area contributed by atoms with Gasteiger partial charge in [-0.1, -0.05) is 6.07 Å². The molecular weight excluding hydrogens is 266 g/mol. The van der Waals surface area contributed by atoms with E-state index in [1.165, 1.54) is 12.1 Å². The van der Waals surface area contributed by atoms with E-state index >= 15 is 0 Å². The van der Waals surface area contributed by atoms with Gasteiger partial charge in [-0.15, -0.1) is 11.3 Å². The van der Waals surface area contributed by atoms with Crippen molar-refractivity contribution in [1.29, 1.82) is 0 Å². The van der Waals surface area contributed by atoms with Crippen molar-refractivity contribution >= 4 is 11.3 Å². The van der Waals surface area contributed by atoms with Gasteiger partial charge in [-0.3, -0.25) is 0 Å². The smallest absolute Gasteiger partial charge is 0.159 e. The van der Waals surface area contributed by atoms with Crippen molar-refractivity contribution < 1.29 is 8.78 Å². The SMILES string of the molecule is CNC(Cc1ccc(F)c(F)c1)Cc1nc(C)cs1. The zero-order valence-electron chi connectivity index (χ0n) is 10.9. The van der Waals surface area contributed by atoms with Gasteiger partial charge < -0.3 is 5.32 Å². The molecule has 0 bridgehead atoms. The molecule has 0 aliphatic heterocycles. The molecule has 19 heavy (non-hydrogen) atoms. The number of halogens is 2. The maximum Gasteiger partial charge on any atom is 0.159 e. The summed E-state index contributed by atoms with van der Waals surface area (Å²) in [5, 5.41) is 6.26. The summed E-state index contributed by atoms with van der Waals surface area (Å²) >= 11 is 1.62. The van der Waals surface area contributed by atoms with Gasteiger partial charge in [-0.25, -0.2) is 13.8 Å². The predicted octanol–water partition coefficient (Wildman–Crippen LogP) is 3.10. The van der Waals surface area contributed by atoms with Crippen LogP contribution < -0.4 is 5.32 Å². The lowest BCUT2D eigenvalue weighted by Gasteiger charge is -2.15. The predicted molar refractivity (Wildman–Crippen MR) is 73.5 cm³/mol. The van der Waals surface area contributed by atoms with Crippen LogP contribution in [0.1, 0.15) is 16.3 Å². The van der Waals surface area contributed by atoms with Gasteiger partial charge in [0.15, 0.2) is 11.6 Å². The first-order chi connectivity index (χ1) is 9.08. The van der Waals surface area contributed by atoms with Crippen LogP contribution in [-0.4, -0.2) is 18.1 Å². The highest BCUT2D eigenvalue weighted by Gasteiger charge is 2.12. The number of rotatable bonds is 5. The molecule has 1 atom stereocenters. The molecule has 1 heterocycles. The molecule has 0 aliphatic rings. The average molecular weight is 282 g/mol. The number of benzene rings is 1. The highest BCUT2D eigenvalue weighted by Crippen LogP contribution is 2.15. The number of likely N-dealkylation sites (N-methyl/N-ethyl adjacent to an activating group) is 1. The van der Waals surface area contributed by atoms with Crippen LogP contribution in [0.2, 0.25) is 0 Å². The molecule has 0 amide bonds. The third-order valence-corrected chi connectivity index (χ3v) is 3.95. The second-order valence-electron chi connectivity index (χ2n) is 4.52. The Morgan fingerprint density at radius 2 is 2.05 bits per heavy atom. The number of thiazole rings is 1. The summed E-state index contributed by atoms with van der Waals surface area (Å²) in [4.78, 5) is 4.42. The second-order valence-corrected chi connectivity index (χ2v) is 5.47. The molecule has 2 rings (SSSR count). The van der Waals surface area contributed by atoms with Crippen molar-refractivity contribution in [1.82, 2.24) is 10.3 Å². The Kier molecular flexibility index (Phi) is 4.61. The molecule has 1 aromatic heterocycles. The maximum atomic E-state index is 13.2. The largest absolute Gasteiger partial charge is 0.316 e. The van der Waals surface area contributed by atoms with Crippen molar-refractivity contribution in [3.63, 3.8) is 0 Å². The van der Waals surface area contributed by atoms with Crippen molar-refractivity contribution in [2.75, 3.05) is 7.05 Å². The van der Waals surface area contributed by atoms with E-state index in [1.54, 1.807) is 17.4 Å². The molecule has 1 N–H and O–H groups in total. The lowest BCUT2D eigenvalue weighted by atomic mass is 10.0. The summed E-state index contributed by atoms with van der Waals surface area (Å²) in [6, 6.07) is 4.21. The Labute approximate surface area is 115 Å². The van der Waals surface area contributed by atoms with Crippen molar-refractivity contribution in [2.24, 2.45) is 0 Å². The van der Waals surface area contributed by atoms with Crippen LogP contribution in [0.25, 0.3) is 0 Å². The van der Waals surface area contributed by atoms with Gasteiger partial charge in [-0.2, -0.15) is 0 Å². The van der Waals surface area contributed by atoms with Gasteiger partial charge in [0.05, 0.1) is 5.01 Å². The number of aromatic nitrogens is 1. The lowest BCUT2D eigenvalue weighted by Crippen LogP contribution is -2.29. The number of hydrogen-bond acceptors (Lipinski definition) is 3. The molecule has 2 nitrogen and oxygen atoms in total. The molecule has 0 radical (unpaired) electrons. The van der Waals surface area contributed by atoms with Crippen LogP contribution in [0, 0.1) is 18.6 Å². The van der Waals surface area contributed by atoms with E-state index < -0.39 is 11.6 Å². The van der Waals surface area contributed by atoms with E-state index in [0.29, 0.717) is 6.42 Å². The van der Waals surface area contributed by atoms with Crippen molar-refractivity contribution in [3.8, 4) is 0 Å². The van der Waals surface area contributed by atoms with Crippen LogP contribution in [-0.2, 0) is 12.8 Å². The number of aryl methyl sites for hydroxylation is 1. The molecule has 0 saturated carbocycles. The monoisotopic (exact) mass is 282 g/mol. The summed E-state index contributed by atoms with van der Waals surface area (Å²) in [6.07, 6.45) is 1.43. The van der Waals surface area contributed by atoms with E-state index in [0.717, 1.165) is 22.7 Å². The molecule has 2 aromatic rings. The van der Waals surface area contributed by atoms with E-state index in [2.05, 4.69) is 10.3 Å². The molecule has 0 saturated heterocycles. The van der Waals surface area contributed by atoms with Gasteiger partial charge in [0.1, 0.15) is 0 Å². The van der Waals surface area contributed by atoms with Crippen molar-refractivity contribution in [2.45, 2.75) is 25.8 Å². The van der Waals surface area contributed by atoms with Gasteiger partial charge in [0.25, 0.3) is 0 Å². The van der Waals surface area contributed by atoms with E-state index in [9.17, 15) is 8.78 Å². The summed E-state index contributed by atoms with van der Waals surface area (Å²) in [6.45, 7) is 1.96. The zero-order valence-corrected chi connectivity index (χ0v) is 11.7. The molecule has 0 aliphatic carbocycles. The molecular formula is C14H16F2N2S. The molecule has 1 unspecified atom stereocenters. The standard InChI is InChI=1S/C14H16F2N2S/c1-9-8-19-14(18-9)7-11(17-2)5-10-3-4-12(15)13(16)6-10/h3-4,6,8,11,17H,5,7H2,1-2H3. The second kappa shape index (κ2) is 6.21.